The zero-order chi connectivity index (χ0) is 28.1. The molecule has 0 saturated carbocycles. The van der Waals surface area contributed by atoms with E-state index in [0.717, 1.165) is 32.0 Å². The van der Waals surface area contributed by atoms with E-state index < -0.39 is 17.6 Å². The van der Waals surface area contributed by atoms with Gasteiger partial charge in [0.15, 0.2) is 0 Å². The number of aromatic nitrogens is 2. The molecule has 1 amide bonds. The molecule has 2 aromatic carbocycles. The number of anilines is 2. The summed E-state index contributed by atoms with van der Waals surface area (Å²) < 4.78 is 33.9. The van der Waals surface area contributed by atoms with Crippen LogP contribution in [0, 0.1) is 11.6 Å². The number of esters is 1. The van der Waals surface area contributed by atoms with Crippen molar-refractivity contribution in [2.24, 2.45) is 0 Å². The minimum absolute atomic E-state index is 0.0878. The van der Waals surface area contributed by atoms with Gasteiger partial charge in [0.25, 0.3) is 5.91 Å². The maximum absolute atomic E-state index is 14.9. The Morgan fingerprint density at radius 2 is 1.77 bits per heavy atom. The smallest absolute Gasteiger partial charge is 0.341 e. The number of benzene rings is 2. The van der Waals surface area contributed by atoms with Crippen LogP contribution in [0.3, 0.4) is 0 Å². The van der Waals surface area contributed by atoms with Gasteiger partial charge < -0.3 is 19.9 Å². The van der Waals surface area contributed by atoms with Crippen molar-refractivity contribution in [1.29, 1.82) is 0 Å². The van der Waals surface area contributed by atoms with Crippen LogP contribution in [-0.4, -0.2) is 60.0 Å². The van der Waals surface area contributed by atoms with Gasteiger partial charge in [-0.2, -0.15) is 0 Å². The van der Waals surface area contributed by atoms with Crippen molar-refractivity contribution in [3.8, 4) is 11.1 Å². The lowest BCUT2D eigenvalue weighted by Gasteiger charge is -2.35. The van der Waals surface area contributed by atoms with E-state index in [1.807, 2.05) is 18.3 Å². The molecule has 0 radical (unpaired) electrons. The Hall–Kier alpha value is -4.86. The quantitative estimate of drug-likeness (QED) is 0.336. The van der Waals surface area contributed by atoms with Crippen LogP contribution in [0.5, 0.6) is 0 Å². The molecule has 1 fully saturated rings. The second-order valence-electron chi connectivity index (χ2n) is 9.24. The molecule has 4 aromatic rings. The Kier molecular flexibility index (Phi) is 7.95. The molecule has 5 rings (SSSR count). The molecule has 40 heavy (non-hydrogen) atoms. The Balaban J connectivity index is 1.19. The third-order valence-electron chi connectivity index (χ3n) is 6.82. The first-order valence-electron chi connectivity index (χ1n) is 12.7. The van der Waals surface area contributed by atoms with E-state index in [1.54, 1.807) is 35.4 Å². The summed E-state index contributed by atoms with van der Waals surface area (Å²) in [5.41, 5.74) is 2.22. The van der Waals surface area contributed by atoms with Crippen LogP contribution in [0.25, 0.3) is 11.1 Å². The van der Waals surface area contributed by atoms with E-state index in [9.17, 15) is 18.4 Å². The van der Waals surface area contributed by atoms with Gasteiger partial charge in [0.05, 0.1) is 24.6 Å². The summed E-state index contributed by atoms with van der Waals surface area (Å²) in [5, 5.41) is 3.06. The van der Waals surface area contributed by atoms with Gasteiger partial charge in [-0.05, 0) is 47.5 Å². The van der Waals surface area contributed by atoms with Crippen molar-refractivity contribution in [3.05, 3.63) is 108 Å². The van der Waals surface area contributed by atoms with Gasteiger partial charge in [-0.1, -0.05) is 24.3 Å². The molecule has 204 valence electrons. The Morgan fingerprint density at radius 3 is 2.45 bits per heavy atom. The SMILES string of the molecule is COC(=O)c1c(F)cccc1-c1ccc(CNc2ccc(C(=O)N3CCN(c4cccnc4)CC3)cn2)c(F)c1. The van der Waals surface area contributed by atoms with Crippen molar-refractivity contribution < 1.29 is 23.1 Å². The molecular weight excluding hydrogens is 516 g/mol. The molecule has 10 heteroatoms. The molecule has 2 aromatic heterocycles. The highest BCUT2D eigenvalue weighted by atomic mass is 19.1. The van der Waals surface area contributed by atoms with Crippen molar-refractivity contribution >= 4 is 23.4 Å². The van der Waals surface area contributed by atoms with Crippen molar-refractivity contribution in [2.75, 3.05) is 43.5 Å². The van der Waals surface area contributed by atoms with Crippen LogP contribution >= 0.6 is 0 Å². The number of nitrogens with zero attached hydrogens (tertiary/aromatic N) is 4. The molecule has 3 heterocycles. The molecule has 0 bridgehead atoms. The van der Waals surface area contributed by atoms with E-state index in [0.29, 0.717) is 35.6 Å². The third-order valence-corrected chi connectivity index (χ3v) is 6.82. The standard InChI is InChI=1S/C30H27F2N5O3/c1-40-30(39)28-24(5-2-6-25(28)31)20-7-8-21(26(32)16-20)17-34-27-10-9-22(18-35-27)29(38)37-14-12-36(13-15-37)23-4-3-11-33-19-23/h2-11,16,18-19H,12-15,17H2,1H3,(H,34,35). The van der Waals surface area contributed by atoms with E-state index in [2.05, 4.69) is 24.9 Å². The molecular formula is C30H27F2N5O3. The monoisotopic (exact) mass is 543 g/mol. The lowest BCUT2D eigenvalue weighted by Crippen LogP contribution is -2.48. The summed E-state index contributed by atoms with van der Waals surface area (Å²) >= 11 is 0. The number of carbonyl (C=O) groups is 2. The molecule has 1 aliphatic heterocycles. The minimum atomic E-state index is -0.834. The van der Waals surface area contributed by atoms with Crippen molar-refractivity contribution in [1.82, 2.24) is 14.9 Å². The number of ether oxygens (including phenoxy) is 1. The van der Waals surface area contributed by atoms with Crippen molar-refractivity contribution in [3.63, 3.8) is 0 Å². The molecule has 0 unspecified atom stereocenters. The number of rotatable bonds is 7. The highest BCUT2D eigenvalue weighted by Gasteiger charge is 2.23. The predicted octanol–water partition coefficient (Wildman–Crippen LogP) is 4.78. The number of piperazine rings is 1. The highest BCUT2D eigenvalue weighted by molar-refractivity contribution is 5.97. The van der Waals surface area contributed by atoms with E-state index >= 15 is 0 Å². The molecule has 0 atom stereocenters. The normalized spacial score (nSPS) is 13.2. The average Bonchev–Trinajstić information content (AvgIpc) is 3.00. The van der Waals surface area contributed by atoms with Crippen LogP contribution in [0.2, 0.25) is 0 Å². The Labute approximate surface area is 230 Å². The number of halogens is 2. The number of methoxy groups -OCH3 is 1. The first-order chi connectivity index (χ1) is 19.4. The zero-order valence-electron chi connectivity index (χ0n) is 21.8. The maximum Gasteiger partial charge on any atom is 0.341 e. The molecule has 8 nitrogen and oxygen atoms in total. The molecule has 0 spiro atoms. The van der Waals surface area contributed by atoms with Gasteiger partial charge >= 0.3 is 5.97 Å². The van der Waals surface area contributed by atoms with Crippen LogP contribution in [0.4, 0.5) is 20.3 Å². The number of nitrogens with one attached hydrogen (secondary N) is 1. The maximum atomic E-state index is 14.9. The molecule has 1 aliphatic rings. The fraction of sp³-hybridized carbons (Fsp3) is 0.200. The summed E-state index contributed by atoms with van der Waals surface area (Å²) in [6, 6.07) is 15.9. The Morgan fingerprint density at radius 1 is 0.950 bits per heavy atom. The summed E-state index contributed by atoms with van der Waals surface area (Å²) in [6.07, 6.45) is 5.06. The average molecular weight is 544 g/mol. The van der Waals surface area contributed by atoms with E-state index in [4.69, 9.17) is 0 Å². The van der Waals surface area contributed by atoms with Crippen LogP contribution in [0.1, 0.15) is 26.3 Å². The number of pyridine rings is 2. The second kappa shape index (κ2) is 11.9. The minimum Gasteiger partial charge on any atom is -0.465 e. The fourth-order valence-corrected chi connectivity index (χ4v) is 4.63. The summed E-state index contributed by atoms with van der Waals surface area (Å²) in [6.45, 7) is 2.77. The van der Waals surface area contributed by atoms with Crippen LogP contribution in [0.15, 0.2) is 79.3 Å². The lowest BCUT2D eigenvalue weighted by atomic mass is 9.98. The topological polar surface area (TPSA) is 87.7 Å². The summed E-state index contributed by atoms with van der Waals surface area (Å²) in [4.78, 5) is 37.5. The molecule has 1 N–H and O–H groups in total. The fourth-order valence-electron chi connectivity index (χ4n) is 4.63. The van der Waals surface area contributed by atoms with E-state index in [1.165, 1.54) is 24.4 Å². The summed E-state index contributed by atoms with van der Waals surface area (Å²) in [7, 11) is 1.16. The number of amides is 1. The van der Waals surface area contributed by atoms with Crippen LogP contribution in [-0.2, 0) is 11.3 Å². The zero-order valence-corrected chi connectivity index (χ0v) is 21.8. The van der Waals surface area contributed by atoms with Crippen LogP contribution < -0.4 is 10.2 Å². The van der Waals surface area contributed by atoms with Gasteiger partial charge in [0.2, 0.25) is 0 Å². The number of hydrogen-bond acceptors (Lipinski definition) is 7. The first-order valence-corrected chi connectivity index (χ1v) is 12.7. The number of hydrogen-bond donors (Lipinski definition) is 1. The van der Waals surface area contributed by atoms with Gasteiger partial charge in [0, 0.05) is 50.7 Å². The van der Waals surface area contributed by atoms with Gasteiger partial charge in [0.1, 0.15) is 23.0 Å². The third kappa shape index (κ3) is 5.75. The first kappa shape index (κ1) is 26.7. The van der Waals surface area contributed by atoms with Gasteiger partial charge in [-0.3, -0.25) is 9.78 Å². The van der Waals surface area contributed by atoms with Gasteiger partial charge in [-0.25, -0.2) is 18.6 Å². The predicted molar refractivity (Wildman–Crippen MR) is 147 cm³/mol. The largest absolute Gasteiger partial charge is 0.465 e. The number of carbonyl (C=O) groups excluding carboxylic acids is 2. The second-order valence-corrected chi connectivity index (χ2v) is 9.24. The molecule has 1 saturated heterocycles. The van der Waals surface area contributed by atoms with Crippen molar-refractivity contribution in [2.45, 2.75) is 6.54 Å². The Bertz CT molecular complexity index is 1510. The summed E-state index contributed by atoms with van der Waals surface area (Å²) in [5.74, 6) is -1.70. The molecule has 0 aliphatic carbocycles. The lowest BCUT2D eigenvalue weighted by molar-refractivity contribution is 0.0596. The van der Waals surface area contributed by atoms with E-state index in [-0.39, 0.29) is 23.6 Å². The highest BCUT2D eigenvalue weighted by Crippen LogP contribution is 2.28. The van der Waals surface area contributed by atoms with Gasteiger partial charge in [-0.15, -0.1) is 0 Å².